The summed E-state index contributed by atoms with van der Waals surface area (Å²) in [6, 6.07) is 27.3. The van der Waals surface area contributed by atoms with Crippen molar-refractivity contribution >= 4 is 50.1 Å². The predicted molar refractivity (Wildman–Crippen MR) is 155 cm³/mol. The fourth-order valence-corrected chi connectivity index (χ4v) is 7.35. The standard InChI is InChI=1S/C30H31N2O3S2/c1-5-32(35-37(33,34)26-18-10-22(2)11-19-26)29(21-14-23-12-16-25(17-13-23)31(3)4)36-28-20-15-24-8-6-7-9-27(24)30(28)32/h6-21,29H,5H2,1-4H3/q+1/b21-14+. The van der Waals surface area contributed by atoms with Crippen molar-refractivity contribution < 1.29 is 12.7 Å². The van der Waals surface area contributed by atoms with E-state index < -0.39 is 10.1 Å². The van der Waals surface area contributed by atoms with Crippen molar-refractivity contribution in [2.75, 3.05) is 25.5 Å². The van der Waals surface area contributed by atoms with E-state index in [4.69, 9.17) is 4.28 Å². The number of thioether (sulfide) groups is 1. The zero-order valence-electron chi connectivity index (χ0n) is 21.5. The lowest BCUT2D eigenvalue weighted by Gasteiger charge is -2.33. The summed E-state index contributed by atoms with van der Waals surface area (Å²) in [7, 11) is -0.0252. The van der Waals surface area contributed by atoms with Gasteiger partial charge < -0.3 is 4.90 Å². The molecule has 0 bridgehead atoms. The van der Waals surface area contributed by atoms with E-state index in [0.29, 0.717) is 6.54 Å². The molecule has 2 atom stereocenters. The Morgan fingerprint density at radius 3 is 2.32 bits per heavy atom. The van der Waals surface area contributed by atoms with Gasteiger partial charge >= 0.3 is 10.1 Å². The summed E-state index contributed by atoms with van der Waals surface area (Å²) in [5, 5.41) is 1.76. The van der Waals surface area contributed by atoms with E-state index in [1.54, 1.807) is 36.0 Å². The molecule has 190 valence electrons. The van der Waals surface area contributed by atoms with E-state index in [2.05, 4.69) is 59.5 Å². The van der Waals surface area contributed by atoms with Gasteiger partial charge in [0.15, 0.2) is 11.1 Å². The molecule has 1 heterocycles. The van der Waals surface area contributed by atoms with Gasteiger partial charge in [-0.05, 0) is 79.0 Å². The maximum absolute atomic E-state index is 13.7. The summed E-state index contributed by atoms with van der Waals surface area (Å²) >= 11 is 1.64. The van der Waals surface area contributed by atoms with Gasteiger partial charge in [0.2, 0.25) is 0 Å². The lowest BCUT2D eigenvalue weighted by atomic mass is 10.1. The lowest BCUT2D eigenvalue weighted by molar-refractivity contribution is -0.0329. The Balaban J connectivity index is 1.62. The van der Waals surface area contributed by atoms with Crippen LogP contribution in [0.1, 0.15) is 18.1 Å². The largest absolute Gasteiger partial charge is 0.378 e. The monoisotopic (exact) mass is 531 g/mol. The minimum atomic E-state index is -4.05. The van der Waals surface area contributed by atoms with Crippen LogP contribution in [0, 0.1) is 6.92 Å². The molecular formula is C30H31N2O3S2+. The third-order valence-electron chi connectivity index (χ3n) is 6.77. The van der Waals surface area contributed by atoms with Crippen LogP contribution >= 0.6 is 11.8 Å². The molecule has 1 aliphatic heterocycles. The van der Waals surface area contributed by atoms with Crippen molar-refractivity contribution in [2.24, 2.45) is 0 Å². The molecule has 0 saturated heterocycles. The van der Waals surface area contributed by atoms with Gasteiger partial charge in [0, 0.05) is 25.2 Å². The Morgan fingerprint density at radius 1 is 0.946 bits per heavy atom. The minimum absolute atomic E-state index is 0.149. The van der Waals surface area contributed by atoms with Gasteiger partial charge in [-0.25, -0.2) is 0 Å². The van der Waals surface area contributed by atoms with Crippen molar-refractivity contribution in [3.8, 4) is 0 Å². The van der Waals surface area contributed by atoms with Crippen LogP contribution in [0.2, 0.25) is 0 Å². The summed E-state index contributed by atoms with van der Waals surface area (Å²) in [6.45, 7) is 4.35. The van der Waals surface area contributed by atoms with Crippen LogP contribution in [0.15, 0.2) is 101 Å². The molecule has 0 spiro atoms. The maximum Gasteiger partial charge on any atom is 0.343 e. The smallest absolute Gasteiger partial charge is 0.343 e. The third-order valence-corrected chi connectivity index (χ3v) is 9.41. The van der Waals surface area contributed by atoms with E-state index in [-0.39, 0.29) is 14.9 Å². The first kappa shape index (κ1) is 25.5. The van der Waals surface area contributed by atoms with Crippen LogP contribution in [-0.4, -0.2) is 34.4 Å². The Hall–Kier alpha value is -3.10. The molecule has 0 saturated carbocycles. The zero-order valence-corrected chi connectivity index (χ0v) is 23.1. The van der Waals surface area contributed by atoms with E-state index >= 15 is 0 Å². The molecule has 0 fully saturated rings. The van der Waals surface area contributed by atoms with Gasteiger partial charge in [-0.15, -0.1) is 4.65 Å². The third kappa shape index (κ3) is 4.80. The van der Waals surface area contributed by atoms with Crippen LogP contribution in [0.3, 0.4) is 0 Å². The van der Waals surface area contributed by atoms with E-state index in [1.807, 2.05) is 46.1 Å². The Bertz CT molecular complexity index is 1560. The molecule has 0 aliphatic carbocycles. The number of hydrogen-bond acceptors (Lipinski definition) is 5. The number of aryl methyl sites for hydroxylation is 1. The zero-order chi connectivity index (χ0) is 26.2. The first-order valence-electron chi connectivity index (χ1n) is 12.3. The highest BCUT2D eigenvalue weighted by Crippen LogP contribution is 2.53. The highest BCUT2D eigenvalue weighted by molar-refractivity contribution is 8.00. The van der Waals surface area contributed by atoms with Crippen LogP contribution in [0.4, 0.5) is 11.4 Å². The molecule has 4 aromatic rings. The Kier molecular flexibility index (Phi) is 6.89. The second-order valence-corrected chi connectivity index (χ2v) is 12.1. The quantitative estimate of drug-likeness (QED) is 0.240. The summed E-state index contributed by atoms with van der Waals surface area (Å²) < 4.78 is 33.4. The van der Waals surface area contributed by atoms with Crippen molar-refractivity contribution in [2.45, 2.75) is 29.0 Å². The van der Waals surface area contributed by atoms with Crippen molar-refractivity contribution in [1.82, 2.24) is 4.65 Å². The number of likely N-dealkylation sites (N-methyl/N-ethyl adjacent to an activating group) is 1. The lowest BCUT2D eigenvalue weighted by Crippen LogP contribution is -2.53. The molecule has 1 aliphatic rings. The van der Waals surface area contributed by atoms with E-state index in [0.717, 1.165) is 38.2 Å². The molecule has 5 rings (SSSR count). The number of benzene rings is 4. The van der Waals surface area contributed by atoms with E-state index in [9.17, 15) is 8.42 Å². The highest BCUT2D eigenvalue weighted by atomic mass is 32.2. The molecule has 37 heavy (non-hydrogen) atoms. The molecule has 7 heteroatoms. The van der Waals surface area contributed by atoms with Crippen molar-refractivity contribution in [1.29, 1.82) is 0 Å². The van der Waals surface area contributed by atoms with Gasteiger partial charge in [0.1, 0.15) is 6.54 Å². The molecule has 4 aromatic carbocycles. The number of hydroxylamine groups is 2. The number of fused-ring (bicyclic) bond motifs is 3. The first-order chi connectivity index (χ1) is 17.7. The van der Waals surface area contributed by atoms with Gasteiger partial charge in [-0.2, -0.15) is 8.42 Å². The van der Waals surface area contributed by atoms with Gasteiger partial charge in [-0.1, -0.05) is 64.5 Å². The molecule has 0 amide bonds. The van der Waals surface area contributed by atoms with Gasteiger partial charge in [-0.3, -0.25) is 0 Å². The maximum atomic E-state index is 13.7. The van der Waals surface area contributed by atoms with Crippen LogP contribution in [-0.2, 0) is 14.4 Å². The highest BCUT2D eigenvalue weighted by Gasteiger charge is 2.52. The van der Waals surface area contributed by atoms with Crippen LogP contribution < -0.4 is 9.55 Å². The molecule has 0 aromatic heterocycles. The summed E-state index contributed by atoms with van der Waals surface area (Å²) in [5.41, 5.74) is 4.05. The first-order valence-corrected chi connectivity index (χ1v) is 14.6. The average molecular weight is 532 g/mol. The fraction of sp³-hybridized carbons (Fsp3) is 0.200. The predicted octanol–water partition coefficient (Wildman–Crippen LogP) is 7.01. The summed E-state index contributed by atoms with van der Waals surface area (Å²) in [6.07, 6.45) is 4.12. The number of hydrogen-bond donors (Lipinski definition) is 0. The average Bonchev–Trinajstić information content (AvgIpc) is 3.21. The summed E-state index contributed by atoms with van der Waals surface area (Å²) in [4.78, 5) is 3.24. The van der Waals surface area contributed by atoms with Crippen molar-refractivity contribution in [3.05, 3.63) is 102 Å². The fourth-order valence-electron chi connectivity index (χ4n) is 4.71. The number of rotatable bonds is 7. The Morgan fingerprint density at radius 2 is 1.65 bits per heavy atom. The van der Waals surface area contributed by atoms with Gasteiger partial charge in [0.05, 0.1) is 9.79 Å². The number of nitrogens with zero attached hydrogens (tertiary/aromatic N) is 2. The normalized spacial score (nSPS) is 19.4. The molecule has 5 nitrogen and oxygen atoms in total. The van der Waals surface area contributed by atoms with Crippen LogP contribution in [0.25, 0.3) is 16.8 Å². The summed E-state index contributed by atoms with van der Waals surface area (Å²) in [5.74, 6) is 0. The second-order valence-electron chi connectivity index (χ2n) is 9.44. The van der Waals surface area contributed by atoms with Gasteiger partial charge in [0.25, 0.3) is 0 Å². The minimum Gasteiger partial charge on any atom is -0.378 e. The molecule has 2 unspecified atom stereocenters. The molecular weight excluding hydrogens is 500 g/mol. The molecule has 0 N–H and O–H groups in total. The Labute approximate surface area is 223 Å². The number of quaternary nitrogens is 1. The molecule has 0 radical (unpaired) electrons. The van der Waals surface area contributed by atoms with Crippen molar-refractivity contribution in [3.63, 3.8) is 0 Å². The SMILES string of the molecule is CC[N+]1(OS(=O)(=O)c2ccc(C)cc2)c2c(ccc3ccccc23)SC1/C=C/c1ccc(N(C)C)cc1. The second kappa shape index (κ2) is 9.99. The topological polar surface area (TPSA) is 46.6 Å². The van der Waals surface area contributed by atoms with E-state index in [1.165, 1.54) is 0 Å². The number of anilines is 1. The van der Waals surface area contributed by atoms with Crippen LogP contribution in [0.5, 0.6) is 0 Å².